The van der Waals surface area contributed by atoms with Crippen molar-refractivity contribution in [3.05, 3.63) is 29.6 Å². The number of methoxy groups -OCH3 is 1. The van der Waals surface area contributed by atoms with Crippen molar-refractivity contribution in [2.75, 3.05) is 7.11 Å². The quantitative estimate of drug-likeness (QED) is 0.840. The van der Waals surface area contributed by atoms with Crippen LogP contribution in [0, 0.1) is 5.82 Å². The fraction of sp³-hybridized carbons (Fsp3) is 0.417. The number of carboxylic acids is 1. The Morgan fingerprint density at radius 3 is 2.53 bits per heavy atom. The molecule has 2 N–H and O–H groups in total. The molecule has 1 atom stereocenters. The van der Waals surface area contributed by atoms with Gasteiger partial charge in [-0.25, -0.2) is 9.18 Å². The molecule has 4 nitrogen and oxygen atoms in total. The number of hydrogen-bond donors (Lipinski definition) is 2. The van der Waals surface area contributed by atoms with Crippen LogP contribution >= 0.6 is 0 Å². The minimum atomic E-state index is -1.64. The lowest BCUT2D eigenvalue weighted by atomic mass is 9.78. The summed E-state index contributed by atoms with van der Waals surface area (Å²) < 4.78 is 18.2. The van der Waals surface area contributed by atoms with Gasteiger partial charge in [0.25, 0.3) is 0 Å². The molecule has 0 saturated heterocycles. The van der Waals surface area contributed by atoms with E-state index < -0.39 is 23.3 Å². The number of carbonyl (C=O) groups is 1. The predicted molar refractivity (Wildman–Crippen MR) is 59.6 cm³/mol. The summed E-state index contributed by atoms with van der Waals surface area (Å²) in [5.41, 5.74) is -0.839. The number of aliphatic carboxylic acids is 1. The monoisotopic (exact) mass is 242 g/mol. The van der Waals surface area contributed by atoms with Gasteiger partial charge >= 0.3 is 5.97 Å². The number of halogens is 1. The normalized spacial score (nSPS) is 13.2. The zero-order valence-corrected chi connectivity index (χ0v) is 9.90. The standard InChI is InChI=1S/C12H15FO4/c1-12(2,10(14)11(15)16)8-6-7(13)4-5-9(8)17-3/h4-6,10,14H,1-3H3,(H,15,16). The van der Waals surface area contributed by atoms with Crippen LogP contribution in [0.5, 0.6) is 5.75 Å². The smallest absolute Gasteiger partial charge is 0.333 e. The van der Waals surface area contributed by atoms with E-state index in [9.17, 15) is 14.3 Å². The third-order valence-electron chi connectivity index (χ3n) is 2.77. The second-order valence-corrected chi connectivity index (χ2v) is 4.31. The van der Waals surface area contributed by atoms with E-state index in [4.69, 9.17) is 9.84 Å². The second kappa shape index (κ2) is 4.71. The van der Waals surface area contributed by atoms with E-state index in [1.165, 1.54) is 39.2 Å². The molecular formula is C12H15FO4. The fourth-order valence-corrected chi connectivity index (χ4v) is 1.64. The lowest BCUT2D eigenvalue weighted by Crippen LogP contribution is -2.40. The summed E-state index contributed by atoms with van der Waals surface area (Å²) in [5.74, 6) is -1.52. The van der Waals surface area contributed by atoms with Gasteiger partial charge < -0.3 is 14.9 Å². The molecule has 0 heterocycles. The molecule has 0 aromatic heterocycles. The Hall–Kier alpha value is -1.62. The summed E-state index contributed by atoms with van der Waals surface area (Å²) in [6, 6.07) is 3.79. The Morgan fingerprint density at radius 2 is 2.06 bits per heavy atom. The highest BCUT2D eigenvalue weighted by Crippen LogP contribution is 2.34. The van der Waals surface area contributed by atoms with E-state index in [1.54, 1.807) is 0 Å². The van der Waals surface area contributed by atoms with Crippen molar-refractivity contribution in [3.63, 3.8) is 0 Å². The lowest BCUT2D eigenvalue weighted by Gasteiger charge is -2.29. The van der Waals surface area contributed by atoms with Gasteiger partial charge in [-0.3, -0.25) is 0 Å². The molecule has 0 bridgehead atoms. The molecule has 0 spiro atoms. The van der Waals surface area contributed by atoms with Crippen LogP contribution in [0.2, 0.25) is 0 Å². The Kier molecular flexibility index (Phi) is 3.72. The third kappa shape index (κ3) is 2.55. The molecule has 17 heavy (non-hydrogen) atoms. The van der Waals surface area contributed by atoms with E-state index in [-0.39, 0.29) is 0 Å². The van der Waals surface area contributed by atoms with E-state index >= 15 is 0 Å². The number of rotatable bonds is 4. The van der Waals surface area contributed by atoms with Gasteiger partial charge in [0, 0.05) is 11.0 Å². The number of aliphatic hydroxyl groups excluding tert-OH is 1. The van der Waals surface area contributed by atoms with Crippen LogP contribution in [-0.2, 0) is 10.2 Å². The SMILES string of the molecule is COc1ccc(F)cc1C(C)(C)C(O)C(=O)O. The van der Waals surface area contributed by atoms with E-state index in [0.717, 1.165) is 0 Å². The summed E-state index contributed by atoms with van der Waals surface area (Å²) in [7, 11) is 1.40. The average molecular weight is 242 g/mol. The first-order valence-electron chi connectivity index (χ1n) is 5.05. The molecule has 0 amide bonds. The molecule has 1 aromatic rings. The Morgan fingerprint density at radius 1 is 1.47 bits per heavy atom. The number of aliphatic hydroxyl groups is 1. The molecule has 0 aliphatic rings. The average Bonchev–Trinajstić information content (AvgIpc) is 2.27. The van der Waals surface area contributed by atoms with Gasteiger partial charge in [0.05, 0.1) is 7.11 Å². The Bertz CT molecular complexity index is 429. The fourth-order valence-electron chi connectivity index (χ4n) is 1.64. The minimum Gasteiger partial charge on any atom is -0.496 e. The first kappa shape index (κ1) is 13.4. The van der Waals surface area contributed by atoms with Crippen molar-refractivity contribution < 1.29 is 24.1 Å². The van der Waals surface area contributed by atoms with Crippen LogP contribution in [0.4, 0.5) is 4.39 Å². The topological polar surface area (TPSA) is 66.8 Å². The van der Waals surface area contributed by atoms with Gasteiger partial charge in [0.2, 0.25) is 0 Å². The Balaban J connectivity index is 3.30. The van der Waals surface area contributed by atoms with E-state index in [1.807, 2.05) is 0 Å². The number of carboxylic acid groups (broad SMARTS) is 1. The maximum atomic E-state index is 13.2. The molecule has 94 valence electrons. The predicted octanol–water partition coefficient (Wildman–Crippen LogP) is 1.56. The zero-order chi connectivity index (χ0) is 13.2. The van der Waals surface area contributed by atoms with Crippen molar-refractivity contribution in [1.82, 2.24) is 0 Å². The van der Waals surface area contributed by atoms with Crippen molar-refractivity contribution in [2.45, 2.75) is 25.4 Å². The van der Waals surface area contributed by atoms with Crippen LogP contribution in [-0.4, -0.2) is 29.4 Å². The zero-order valence-electron chi connectivity index (χ0n) is 9.90. The second-order valence-electron chi connectivity index (χ2n) is 4.31. The lowest BCUT2D eigenvalue weighted by molar-refractivity contribution is -0.150. The maximum Gasteiger partial charge on any atom is 0.333 e. The molecular weight excluding hydrogens is 227 g/mol. The van der Waals surface area contributed by atoms with Crippen LogP contribution in [0.15, 0.2) is 18.2 Å². The Labute approximate surface area is 98.7 Å². The summed E-state index contributed by atoms with van der Waals surface area (Å²) in [5, 5.41) is 18.5. The summed E-state index contributed by atoms with van der Waals surface area (Å²) in [6.07, 6.45) is -1.64. The van der Waals surface area contributed by atoms with Crippen LogP contribution in [0.25, 0.3) is 0 Å². The minimum absolute atomic E-state index is 0.315. The molecule has 5 heteroatoms. The largest absolute Gasteiger partial charge is 0.496 e. The van der Waals surface area contributed by atoms with Gasteiger partial charge in [-0.1, -0.05) is 13.8 Å². The number of hydrogen-bond acceptors (Lipinski definition) is 3. The van der Waals surface area contributed by atoms with Crippen LogP contribution < -0.4 is 4.74 Å². The summed E-state index contributed by atoms with van der Waals surface area (Å²) in [6.45, 7) is 3.03. The first-order chi connectivity index (χ1) is 7.80. The van der Waals surface area contributed by atoms with Gasteiger partial charge in [-0.05, 0) is 18.2 Å². The van der Waals surface area contributed by atoms with Crippen LogP contribution in [0.3, 0.4) is 0 Å². The number of ether oxygens (including phenoxy) is 1. The molecule has 0 saturated carbocycles. The molecule has 1 rings (SSSR count). The van der Waals surface area contributed by atoms with Crippen molar-refractivity contribution in [2.24, 2.45) is 0 Å². The molecule has 1 aromatic carbocycles. The maximum absolute atomic E-state index is 13.2. The highest BCUT2D eigenvalue weighted by Gasteiger charge is 2.37. The van der Waals surface area contributed by atoms with Gasteiger partial charge in [-0.15, -0.1) is 0 Å². The van der Waals surface area contributed by atoms with E-state index in [2.05, 4.69) is 0 Å². The van der Waals surface area contributed by atoms with Crippen molar-refractivity contribution in [3.8, 4) is 5.75 Å². The first-order valence-corrected chi connectivity index (χ1v) is 5.05. The molecule has 1 unspecified atom stereocenters. The highest BCUT2D eigenvalue weighted by atomic mass is 19.1. The summed E-state index contributed by atoms with van der Waals surface area (Å²) in [4.78, 5) is 10.8. The van der Waals surface area contributed by atoms with Crippen molar-refractivity contribution >= 4 is 5.97 Å². The third-order valence-corrected chi connectivity index (χ3v) is 2.77. The van der Waals surface area contributed by atoms with Crippen LogP contribution in [0.1, 0.15) is 19.4 Å². The van der Waals surface area contributed by atoms with Gasteiger partial charge in [-0.2, -0.15) is 0 Å². The summed E-state index contributed by atoms with van der Waals surface area (Å²) >= 11 is 0. The highest BCUT2D eigenvalue weighted by molar-refractivity contribution is 5.74. The molecule has 0 aliphatic carbocycles. The van der Waals surface area contributed by atoms with Crippen molar-refractivity contribution in [1.29, 1.82) is 0 Å². The van der Waals surface area contributed by atoms with Gasteiger partial charge in [0.1, 0.15) is 11.6 Å². The molecule has 0 fully saturated rings. The molecule has 0 aliphatic heterocycles. The van der Waals surface area contributed by atoms with E-state index in [0.29, 0.717) is 11.3 Å². The molecule has 0 radical (unpaired) electrons. The number of benzene rings is 1. The van der Waals surface area contributed by atoms with Gasteiger partial charge in [0.15, 0.2) is 6.10 Å².